The van der Waals surface area contributed by atoms with Gasteiger partial charge in [-0.2, -0.15) is 0 Å². The van der Waals surface area contributed by atoms with Crippen LogP contribution < -0.4 is 10.1 Å². The third kappa shape index (κ3) is 3.38. The Kier molecular flexibility index (Phi) is 4.49. The van der Waals surface area contributed by atoms with Gasteiger partial charge >= 0.3 is 5.97 Å². The molecule has 3 rings (SSSR count). The van der Waals surface area contributed by atoms with Crippen molar-refractivity contribution in [1.82, 2.24) is 5.32 Å². The molecule has 24 heavy (non-hydrogen) atoms. The second-order valence-electron chi connectivity index (χ2n) is 5.89. The molecule has 0 aromatic heterocycles. The number of ether oxygens (including phenoxy) is 1. The Bertz CT molecular complexity index is 735. The van der Waals surface area contributed by atoms with Gasteiger partial charge < -0.3 is 15.2 Å². The van der Waals surface area contributed by atoms with Gasteiger partial charge in [-0.25, -0.2) is 8.78 Å². The second kappa shape index (κ2) is 6.57. The smallest absolute Gasteiger partial charge is 0.305 e. The van der Waals surface area contributed by atoms with Gasteiger partial charge in [-0.05, 0) is 29.8 Å². The lowest BCUT2D eigenvalue weighted by atomic mass is 9.85. The summed E-state index contributed by atoms with van der Waals surface area (Å²) in [4.78, 5) is 11.2. The first-order valence-electron chi connectivity index (χ1n) is 7.62. The zero-order chi connectivity index (χ0) is 17.2. The SMILES string of the molecule is O=C(O)C[C@]1(c2ccc(Oc3ccccc3F)cc2)C[C@H](F)CN1. The fourth-order valence-corrected chi connectivity index (χ4v) is 3.04. The van der Waals surface area contributed by atoms with Gasteiger partial charge in [0.25, 0.3) is 0 Å². The van der Waals surface area contributed by atoms with Crippen LogP contribution in [-0.2, 0) is 10.3 Å². The standard InChI is InChI=1S/C18H17F2NO3/c19-13-9-18(21-11-13,10-17(22)23)12-5-7-14(8-6-12)24-16-4-2-1-3-15(16)20/h1-8,13,21H,9-11H2,(H,22,23)/t13-,18-/m0/s1. The fourth-order valence-electron chi connectivity index (χ4n) is 3.04. The summed E-state index contributed by atoms with van der Waals surface area (Å²) in [7, 11) is 0. The summed E-state index contributed by atoms with van der Waals surface area (Å²) in [6.07, 6.45) is -1.19. The highest BCUT2D eigenvalue weighted by Gasteiger charge is 2.42. The average molecular weight is 333 g/mol. The first kappa shape index (κ1) is 16.4. The Morgan fingerprint density at radius 1 is 1.25 bits per heavy atom. The van der Waals surface area contributed by atoms with E-state index in [0.717, 1.165) is 0 Å². The Morgan fingerprint density at radius 2 is 1.96 bits per heavy atom. The highest BCUT2D eigenvalue weighted by Crippen LogP contribution is 2.36. The number of hydrogen-bond acceptors (Lipinski definition) is 3. The van der Waals surface area contributed by atoms with Crippen LogP contribution in [0.15, 0.2) is 48.5 Å². The van der Waals surface area contributed by atoms with Crippen LogP contribution in [0.1, 0.15) is 18.4 Å². The molecule has 0 radical (unpaired) electrons. The van der Waals surface area contributed by atoms with Crippen molar-refractivity contribution >= 4 is 5.97 Å². The predicted molar refractivity (Wildman–Crippen MR) is 84.4 cm³/mol. The molecular weight excluding hydrogens is 316 g/mol. The molecule has 6 heteroatoms. The molecular formula is C18H17F2NO3. The number of aliphatic carboxylic acids is 1. The van der Waals surface area contributed by atoms with Crippen molar-refractivity contribution in [2.75, 3.05) is 6.54 Å². The van der Waals surface area contributed by atoms with Crippen molar-refractivity contribution in [1.29, 1.82) is 0 Å². The van der Waals surface area contributed by atoms with Gasteiger partial charge in [0.15, 0.2) is 11.6 Å². The van der Waals surface area contributed by atoms with Crippen molar-refractivity contribution in [3.63, 3.8) is 0 Å². The minimum atomic E-state index is -1.08. The van der Waals surface area contributed by atoms with Crippen LogP contribution in [-0.4, -0.2) is 23.8 Å². The predicted octanol–water partition coefficient (Wildman–Crippen LogP) is 3.62. The molecule has 4 nitrogen and oxygen atoms in total. The summed E-state index contributed by atoms with van der Waals surface area (Å²) in [5, 5.41) is 12.1. The van der Waals surface area contributed by atoms with Gasteiger partial charge in [0.2, 0.25) is 0 Å². The number of hydrogen-bond donors (Lipinski definition) is 2. The van der Waals surface area contributed by atoms with Crippen molar-refractivity contribution in [3.05, 3.63) is 59.9 Å². The van der Waals surface area contributed by atoms with Crippen molar-refractivity contribution in [2.24, 2.45) is 0 Å². The summed E-state index contributed by atoms with van der Waals surface area (Å²) in [5.41, 5.74) is -0.257. The van der Waals surface area contributed by atoms with Gasteiger partial charge in [-0.15, -0.1) is 0 Å². The van der Waals surface area contributed by atoms with Gasteiger partial charge in [-0.3, -0.25) is 4.79 Å². The first-order valence-corrected chi connectivity index (χ1v) is 7.62. The average Bonchev–Trinajstić information content (AvgIpc) is 2.91. The normalized spacial score (nSPS) is 23.2. The minimum Gasteiger partial charge on any atom is -0.481 e. The molecule has 1 heterocycles. The van der Waals surface area contributed by atoms with Gasteiger partial charge in [0, 0.05) is 13.0 Å². The summed E-state index contributed by atoms with van der Waals surface area (Å²) < 4.78 is 32.7. The van der Waals surface area contributed by atoms with Crippen LogP contribution in [0.4, 0.5) is 8.78 Å². The number of benzene rings is 2. The molecule has 0 unspecified atom stereocenters. The summed E-state index contributed by atoms with van der Waals surface area (Å²) >= 11 is 0. The van der Waals surface area contributed by atoms with Crippen LogP contribution in [0.25, 0.3) is 0 Å². The lowest BCUT2D eigenvalue weighted by Gasteiger charge is -2.28. The lowest BCUT2D eigenvalue weighted by Crippen LogP contribution is -2.38. The Morgan fingerprint density at radius 3 is 2.54 bits per heavy atom. The van der Waals surface area contributed by atoms with E-state index in [2.05, 4.69) is 5.32 Å². The number of carbonyl (C=O) groups is 1. The number of para-hydroxylation sites is 1. The van der Waals surface area contributed by atoms with Crippen LogP contribution in [0.5, 0.6) is 11.5 Å². The monoisotopic (exact) mass is 333 g/mol. The molecule has 2 atom stereocenters. The number of carboxylic acids is 1. The molecule has 0 spiro atoms. The molecule has 1 saturated heterocycles. The molecule has 2 aromatic carbocycles. The van der Waals surface area contributed by atoms with Crippen LogP contribution in [0.2, 0.25) is 0 Å². The Labute approximate surface area is 138 Å². The first-order chi connectivity index (χ1) is 11.5. The number of rotatable bonds is 5. The van der Waals surface area contributed by atoms with Gasteiger partial charge in [-0.1, -0.05) is 24.3 Å². The zero-order valence-electron chi connectivity index (χ0n) is 12.8. The summed E-state index contributed by atoms with van der Waals surface area (Å²) in [6, 6.07) is 12.7. The van der Waals surface area contributed by atoms with Crippen LogP contribution in [0, 0.1) is 5.82 Å². The molecule has 0 aliphatic carbocycles. The third-order valence-corrected chi connectivity index (χ3v) is 4.16. The topological polar surface area (TPSA) is 58.6 Å². The largest absolute Gasteiger partial charge is 0.481 e. The van der Waals surface area contributed by atoms with E-state index in [0.29, 0.717) is 11.3 Å². The molecule has 1 aliphatic rings. The molecule has 1 aliphatic heterocycles. The maximum atomic E-state index is 13.6. The maximum absolute atomic E-state index is 13.6. The van der Waals surface area contributed by atoms with Gasteiger partial charge in [0.05, 0.1) is 12.0 Å². The van der Waals surface area contributed by atoms with Crippen LogP contribution in [0.3, 0.4) is 0 Å². The van der Waals surface area contributed by atoms with E-state index >= 15 is 0 Å². The van der Waals surface area contributed by atoms with E-state index < -0.39 is 23.5 Å². The number of carboxylic acid groups (broad SMARTS) is 1. The molecule has 2 N–H and O–H groups in total. The Balaban J connectivity index is 1.82. The van der Waals surface area contributed by atoms with E-state index in [4.69, 9.17) is 9.84 Å². The second-order valence-corrected chi connectivity index (χ2v) is 5.89. The molecule has 0 amide bonds. The van der Waals surface area contributed by atoms with E-state index in [9.17, 15) is 13.6 Å². The minimum absolute atomic E-state index is 0.104. The summed E-state index contributed by atoms with van der Waals surface area (Å²) in [6.45, 7) is 0.126. The number of alkyl halides is 1. The maximum Gasteiger partial charge on any atom is 0.305 e. The molecule has 126 valence electrons. The van der Waals surface area contributed by atoms with Crippen molar-refractivity contribution in [2.45, 2.75) is 24.6 Å². The zero-order valence-corrected chi connectivity index (χ0v) is 12.8. The highest BCUT2D eigenvalue weighted by atomic mass is 19.1. The number of nitrogens with one attached hydrogen (secondary N) is 1. The molecule has 0 saturated carbocycles. The van der Waals surface area contributed by atoms with Gasteiger partial charge in [0.1, 0.15) is 11.9 Å². The molecule has 2 aromatic rings. The number of halogens is 2. The quantitative estimate of drug-likeness (QED) is 0.877. The highest BCUT2D eigenvalue weighted by molar-refractivity contribution is 5.69. The van der Waals surface area contributed by atoms with Crippen molar-refractivity contribution < 1.29 is 23.4 Å². The molecule has 0 bridgehead atoms. The fraction of sp³-hybridized carbons (Fsp3) is 0.278. The lowest BCUT2D eigenvalue weighted by molar-refractivity contribution is -0.138. The van der Waals surface area contributed by atoms with Crippen molar-refractivity contribution in [3.8, 4) is 11.5 Å². The Hall–Kier alpha value is -2.47. The van der Waals surface area contributed by atoms with E-state index in [-0.39, 0.29) is 25.1 Å². The molecule has 1 fully saturated rings. The van der Waals surface area contributed by atoms with E-state index in [1.807, 2.05) is 0 Å². The third-order valence-electron chi connectivity index (χ3n) is 4.16. The van der Waals surface area contributed by atoms with Crippen LogP contribution >= 0.6 is 0 Å². The van der Waals surface area contributed by atoms with E-state index in [1.54, 1.807) is 36.4 Å². The summed E-state index contributed by atoms with van der Waals surface area (Å²) in [5.74, 6) is -0.942. The van der Waals surface area contributed by atoms with E-state index in [1.165, 1.54) is 12.1 Å².